The predicted octanol–water partition coefficient (Wildman–Crippen LogP) is 3.90. The van der Waals surface area contributed by atoms with E-state index in [9.17, 15) is 4.79 Å². The summed E-state index contributed by atoms with van der Waals surface area (Å²) in [7, 11) is 1.57. The maximum absolute atomic E-state index is 11.9. The monoisotopic (exact) mass is 384 g/mol. The molecule has 138 valence electrons. The summed E-state index contributed by atoms with van der Waals surface area (Å²) < 4.78 is 10.7. The van der Waals surface area contributed by atoms with Crippen LogP contribution in [-0.2, 0) is 4.79 Å². The molecule has 3 aromatic rings. The van der Waals surface area contributed by atoms with Gasteiger partial charge in [-0.2, -0.15) is 0 Å². The third-order valence-electron chi connectivity index (χ3n) is 3.47. The third-order valence-corrected chi connectivity index (χ3v) is 3.70. The number of ether oxygens (including phenoxy) is 2. The van der Waals surface area contributed by atoms with Crippen LogP contribution in [-0.4, -0.2) is 29.8 Å². The van der Waals surface area contributed by atoms with E-state index in [2.05, 4.69) is 20.8 Å². The fourth-order valence-electron chi connectivity index (χ4n) is 2.23. The van der Waals surface area contributed by atoms with Crippen LogP contribution in [0.25, 0.3) is 0 Å². The zero-order valence-electron chi connectivity index (χ0n) is 14.5. The van der Waals surface area contributed by atoms with Gasteiger partial charge in [0.1, 0.15) is 11.5 Å². The summed E-state index contributed by atoms with van der Waals surface area (Å²) in [6, 6.07) is 17.6. The fourth-order valence-corrected chi connectivity index (χ4v) is 2.40. The van der Waals surface area contributed by atoms with Gasteiger partial charge >= 0.3 is 0 Å². The van der Waals surface area contributed by atoms with Gasteiger partial charge in [0.2, 0.25) is 0 Å². The summed E-state index contributed by atoms with van der Waals surface area (Å²) in [5.41, 5.74) is 0.660. The molecule has 27 heavy (non-hydrogen) atoms. The first-order valence-electron chi connectivity index (χ1n) is 8.06. The summed E-state index contributed by atoms with van der Waals surface area (Å²) in [6.45, 7) is -0.120. The Morgan fingerprint density at radius 1 is 1.04 bits per heavy atom. The molecule has 3 rings (SSSR count). The van der Waals surface area contributed by atoms with Crippen molar-refractivity contribution in [2.45, 2.75) is 0 Å². The number of halogens is 1. The minimum absolute atomic E-state index is 0.120. The number of rotatable bonds is 7. The highest BCUT2D eigenvalue weighted by molar-refractivity contribution is 6.31. The highest BCUT2D eigenvalue weighted by atomic mass is 35.5. The van der Waals surface area contributed by atoms with Crippen molar-refractivity contribution >= 4 is 34.8 Å². The first-order chi connectivity index (χ1) is 13.1. The molecular formula is C19H17ClN4O3. The largest absolute Gasteiger partial charge is 0.495 e. The second kappa shape index (κ2) is 8.86. The number of hydrogen-bond acceptors (Lipinski definition) is 6. The quantitative estimate of drug-likeness (QED) is 0.642. The van der Waals surface area contributed by atoms with Gasteiger partial charge in [0, 0.05) is 5.02 Å². The van der Waals surface area contributed by atoms with Crippen LogP contribution in [0.5, 0.6) is 11.5 Å². The van der Waals surface area contributed by atoms with Crippen molar-refractivity contribution in [3.05, 3.63) is 65.7 Å². The lowest BCUT2D eigenvalue weighted by Crippen LogP contribution is -2.21. The van der Waals surface area contributed by atoms with Crippen LogP contribution < -0.4 is 20.1 Å². The summed E-state index contributed by atoms with van der Waals surface area (Å²) in [6.07, 6.45) is 0. The Bertz CT molecular complexity index is 905. The first kappa shape index (κ1) is 18.5. The Balaban J connectivity index is 1.57. The van der Waals surface area contributed by atoms with Crippen molar-refractivity contribution in [2.24, 2.45) is 0 Å². The number of carbonyl (C=O) groups is 1. The number of nitrogens with one attached hydrogen (secondary N) is 2. The van der Waals surface area contributed by atoms with Crippen LogP contribution in [0.15, 0.2) is 60.7 Å². The van der Waals surface area contributed by atoms with Crippen LogP contribution in [0.1, 0.15) is 0 Å². The van der Waals surface area contributed by atoms with Crippen LogP contribution in [0.3, 0.4) is 0 Å². The van der Waals surface area contributed by atoms with Crippen molar-refractivity contribution in [3.8, 4) is 11.5 Å². The second-order valence-corrected chi connectivity index (χ2v) is 5.86. The van der Waals surface area contributed by atoms with Gasteiger partial charge in [-0.15, -0.1) is 10.2 Å². The van der Waals surface area contributed by atoms with E-state index in [0.29, 0.717) is 33.8 Å². The maximum Gasteiger partial charge on any atom is 0.263 e. The van der Waals surface area contributed by atoms with E-state index in [-0.39, 0.29) is 12.5 Å². The standard InChI is InChI=1S/C19H17ClN4O3/c1-26-16-8-7-13(20)11-15(16)21-17-9-10-18(24-23-17)22-19(25)12-27-14-5-3-2-4-6-14/h2-11H,12H2,1H3,(H,21,23)(H,22,24,25). The molecule has 2 N–H and O–H groups in total. The summed E-state index contributed by atoms with van der Waals surface area (Å²) in [4.78, 5) is 11.9. The predicted molar refractivity (Wildman–Crippen MR) is 104 cm³/mol. The summed E-state index contributed by atoms with van der Waals surface area (Å²) >= 11 is 6.01. The molecule has 0 aliphatic carbocycles. The van der Waals surface area contributed by atoms with Crippen molar-refractivity contribution in [2.75, 3.05) is 24.4 Å². The molecule has 0 saturated heterocycles. The Morgan fingerprint density at radius 2 is 1.78 bits per heavy atom. The number of para-hydroxylation sites is 1. The smallest absolute Gasteiger partial charge is 0.263 e. The van der Waals surface area contributed by atoms with Crippen LogP contribution in [0.2, 0.25) is 5.02 Å². The second-order valence-electron chi connectivity index (χ2n) is 5.42. The molecule has 0 unspecified atom stereocenters. The molecule has 1 heterocycles. The lowest BCUT2D eigenvalue weighted by molar-refractivity contribution is -0.118. The minimum atomic E-state index is -0.328. The molecular weight excluding hydrogens is 368 g/mol. The first-order valence-corrected chi connectivity index (χ1v) is 8.44. The van der Waals surface area contributed by atoms with E-state index in [1.807, 2.05) is 18.2 Å². The highest BCUT2D eigenvalue weighted by Crippen LogP contribution is 2.29. The molecule has 7 nitrogen and oxygen atoms in total. The van der Waals surface area contributed by atoms with Gasteiger partial charge in [-0.1, -0.05) is 29.8 Å². The molecule has 2 aromatic carbocycles. The molecule has 0 bridgehead atoms. The molecule has 0 spiro atoms. The highest BCUT2D eigenvalue weighted by Gasteiger charge is 2.08. The summed E-state index contributed by atoms with van der Waals surface area (Å²) in [5, 5.41) is 14.3. The number of carbonyl (C=O) groups excluding carboxylic acids is 1. The fraction of sp³-hybridized carbons (Fsp3) is 0.105. The van der Waals surface area contributed by atoms with Crippen molar-refractivity contribution in [1.82, 2.24) is 10.2 Å². The van der Waals surface area contributed by atoms with Crippen LogP contribution in [0.4, 0.5) is 17.3 Å². The maximum atomic E-state index is 11.9. The van der Waals surface area contributed by atoms with Gasteiger partial charge < -0.3 is 20.1 Å². The lowest BCUT2D eigenvalue weighted by atomic mass is 10.3. The average molecular weight is 385 g/mol. The minimum Gasteiger partial charge on any atom is -0.495 e. The van der Waals surface area contributed by atoms with Gasteiger partial charge in [-0.25, -0.2) is 0 Å². The molecule has 8 heteroatoms. The van der Waals surface area contributed by atoms with Gasteiger partial charge in [0.15, 0.2) is 18.2 Å². The normalized spacial score (nSPS) is 10.1. The average Bonchev–Trinajstić information content (AvgIpc) is 2.69. The van der Waals surface area contributed by atoms with Gasteiger partial charge in [0.25, 0.3) is 5.91 Å². The number of methoxy groups -OCH3 is 1. The molecule has 0 aliphatic heterocycles. The number of anilines is 3. The number of benzene rings is 2. The third kappa shape index (κ3) is 5.32. The van der Waals surface area contributed by atoms with E-state index in [0.717, 1.165) is 0 Å². The van der Waals surface area contributed by atoms with E-state index >= 15 is 0 Å². The number of nitrogens with zero attached hydrogens (tertiary/aromatic N) is 2. The number of hydrogen-bond donors (Lipinski definition) is 2. The van der Waals surface area contributed by atoms with Crippen molar-refractivity contribution in [3.63, 3.8) is 0 Å². The molecule has 0 radical (unpaired) electrons. The summed E-state index contributed by atoms with van der Waals surface area (Å²) in [5.74, 6) is 1.71. The van der Waals surface area contributed by atoms with Gasteiger partial charge in [-0.3, -0.25) is 4.79 Å². The van der Waals surface area contributed by atoms with E-state index in [4.69, 9.17) is 21.1 Å². The van der Waals surface area contributed by atoms with E-state index < -0.39 is 0 Å². The van der Waals surface area contributed by atoms with E-state index in [1.165, 1.54) is 0 Å². The molecule has 0 saturated carbocycles. The van der Waals surface area contributed by atoms with Crippen LogP contribution >= 0.6 is 11.6 Å². The number of amides is 1. The van der Waals surface area contributed by atoms with E-state index in [1.54, 1.807) is 49.6 Å². The Kier molecular flexibility index (Phi) is 6.06. The van der Waals surface area contributed by atoms with Crippen molar-refractivity contribution < 1.29 is 14.3 Å². The molecule has 1 aromatic heterocycles. The molecule has 1 amide bonds. The lowest BCUT2D eigenvalue weighted by Gasteiger charge is -2.11. The molecule has 0 atom stereocenters. The molecule has 0 fully saturated rings. The van der Waals surface area contributed by atoms with Gasteiger partial charge in [-0.05, 0) is 42.5 Å². The van der Waals surface area contributed by atoms with Gasteiger partial charge in [0.05, 0.1) is 12.8 Å². The topological polar surface area (TPSA) is 85.4 Å². The number of aromatic nitrogens is 2. The zero-order chi connectivity index (χ0) is 19.1. The SMILES string of the molecule is COc1ccc(Cl)cc1Nc1ccc(NC(=O)COc2ccccc2)nn1. The molecule has 0 aliphatic rings. The van der Waals surface area contributed by atoms with Crippen LogP contribution in [0, 0.1) is 0 Å². The zero-order valence-corrected chi connectivity index (χ0v) is 15.2. The Hall–Kier alpha value is -3.32. The Labute approximate surface area is 161 Å². The Morgan fingerprint density at radius 3 is 2.48 bits per heavy atom. The van der Waals surface area contributed by atoms with Crippen molar-refractivity contribution in [1.29, 1.82) is 0 Å².